The van der Waals surface area contributed by atoms with Crippen molar-refractivity contribution in [3.05, 3.63) is 65.2 Å². The summed E-state index contributed by atoms with van der Waals surface area (Å²) in [6.45, 7) is 5.13. The largest absolute Gasteiger partial charge is 0.454 e. The fourth-order valence-electron chi connectivity index (χ4n) is 2.45. The summed E-state index contributed by atoms with van der Waals surface area (Å²) in [5.74, 6) is -1.07. The SMILES string of the molecule is CCc1ccc(C(=O)COC(=O)c2cccc(S(=O)(=O)N(C)C(C)C)c2)cc1. The lowest BCUT2D eigenvalue weighted by Gasteiger charge is -2.21. The monoisotopic (exact) mass is 403 g/mol. The smallest absolute Gasteiger partial charge is 0.338 e. The summed E-state index contributed by atoms with van der Waals surface area (Å²) in [6, 6.07) is 12.5. The second kappa shape index (κ2) is 9.12. The van der Waals surface area contributed by atoms with Gasteiger partial charge in [-0.05, 0) is 44.0 Å². The van der Waals surface area contributed by atoms with E-state index in [0.717, 1.165) is 12.0 Å². The Kier molecular flexibility index (Phi) is 7.10. The number of benzene rings is 2. The fraction of sp³-hybridized carbons (Fsp3) is 0.333. The van der Waals surface area contributed by atoms with Crippen LogP contribution < -0.4 is 0 Å². The van der Waals surface area contributed by atoms with Crippen molar-refractivity contribution >= 4 is 21.8 Å². The Hall–Kier alpha value is -2.51. The number of carbonyl (C=O) groups is 2. The molecule has 0 bridgehead atoms. The first-order valence-corrected chi connectivity index (χ1v) is 10.5. The molecule has 0 aliphatic carbocycles. The van der Waals surface area contributed by atoms with E-state index in [0.29, 0.717) is 5.56 Å². The van der Waals surface area contributed by atoms with Gasteiger partial charge in [0, 0.05) is 18.7 Å². The molecule has 28 heavy (non-hydrogen) atoms. The van der Waals surface area contributed by atoms with Crippen LogP contribution in [0.25, 0.3) is 0 Å². The summed E-state index contributed by atoms with van der Waals surface area (Å²) in [4.78, 5) is 24.5. The van der Waals surface area contributed by atoms with Crippen molar-refractivity contribution < 1.29 is 22.7 Å². The van der Waals surface area contributed by atoms with E-state index >= 15 is 0 Å². The first-order valence-electron chi connectivity index (χ1n) is 9.04. The second-order valence-corrected chi connectivity index (χ2v) is 8.69. The van der Waals surface area contributed by atoms with E-state index in [4.69, 9.17) is 4.74 Å². The van der Waals surface area contributed by atoms with Crippen LogP contribution in [0.3, 0.4) is 0 Å². The molecule has 0 aliphatic heterocycles. The molecule has 7 heteroatoms. The molecule has 0 heterocycles. The summed E-state index contributed by atoms with van der Waals surface area (Å²) in [5.41, 5.74) is 1.64. The zero-order valence-corrected chi connectivity index (χ0v) is 17.3. The van der Waals surface area contributed by atoms with Gasteiger partial charge in [0.1, 0.15) is 0 Å². The third-order valence-electron chi connectivity index (χ3n) is 4.49. The highest BCUT2D eigenvalue weighted by molar-refractivity contribution is 7.89. The summed E-state index contributed by atoms with van der Waals surface area (Å²) in [6.07, 6.45) is 0.870. The minimum Gasteiger partial charge on any atom is -0.454 e. The molecule has 0 aliphatic rings. The molecule has 0 amide bonds. The van der Waals surface area contributed by atoms with Crippen molar-refractivity contribution in [2.24, 2.45) is 0 Å². The molecule has 150 valence electrons. The van der Waals surface area contributed by atoms with Crippen LogP contribution in [0.1, 0.15) is 47.1 Å². The van der Waals surface area contributed by atoms with E-state index in [1.807, 2.05) is 19.1 Å². The molecular formula is C21H25NO5S. The van der Waals surface area contributed by atoms with Crippen LogP contribution in [-0.4, -0.2) is 44.2 Å². The summed E-state index contributed by atoms with van der Waals surface area (Å²) >= 11 is 0. The Balaban J connectivity index is 2.09. The normalized spacial score (nSPS) is 11.6. The number of nitrogens with zero attached hydrogens (tertiary/aromatic N) is 1. The van der Waals surface area contributed by atoms with Gasteiger partial charge in [0.2, 0.25) is 10.0 Å². The second-order valence-electron chi connectivity index (χ2n) is 6.69. The van der Waals surface area contributed by atoms with E-state index in [9.17, 15) is 18.0 Å². The zero-order valence-electron chi connectivity index (χ0n) is 16.5. The van der Waals surface area contributed by atoms with Crippen LogP contribution in [-0.2, 0) is 21.2 Å². The van der Waals surface area contributed by atoms with Gasteiger partial charge >= 0.3 is 5.97 Å². The van der Waals surface area contributed by atoms with Crippen molar-refractivity contribution in [3.8, 4) is 0 Å². The van der Waals surface area contributed by atoms with E-state index in [1.54, 1.807) is 26.0 Å². The molecule has 2 aromatic rings. The molecule has 0 radical (unpaired) electrons. The Morgan fingerprint density at radius 1 is 1.04 bits per heavy atom. The molecular weight excluding hydrogens is 378 g/mol. The highest BCUT2D eigenvalue weighted by atomic mass is 32.2. The Bertz CT molecular complexity index is 949. The lowest BCUT2D eigenvalue weighted by atomic mass is 10.1. The number of aryl methyl sites for hydroxylation is 1. The van der Waals surface area contributed by atoms with Gasteiger partial charge in [-0.3, -0.25) is 4.79 Å². The van der Waals surface area contributed by atoms with E-state index < -0.39 is 22.6 Å². The van der Waals surface area contributed by atoms with Gasteiger partial charge < -0.3 is 4.74 Å². The van der Waals surface area contributed by atoms with Crippen LogP contribution >= 0.6 is 0 Å². The average Bonchev–Trinajstić information content (AvgIpc) is 2.71. The molecule has 6 nitrogen and oxygen atoms in total. The molecule has 0 saturated carbocycles. The number of hydrogen-bond donors (Lipinski definition) is 0. The molecule has 0 fully saturated rings. The number of rotatable bonds is 8. The number of carbonyl (C=O) groups excluding carboxylic acids is 2. The van der Waals surface area contributed by atoms with Crippen LogP contribution in [0.4, 0.5) is 0 Å². The van der Waals surface area contributed by atoms with Gasteiger partial charge in [-0.25, -0.2) is 13.2 Å². The lowest BCUT2D eigenvalue weighted by Crippen LogP contribution is -2.33. The van der Waals surface area contributed by atoms with Crippen molar-refractivity contribution in [2.75, 3.05) is 13.7 Å². The van der Waals surface area contributed by atoms with Crippen molar-refractivity contribution in [1.29, 1.82) is 0 Å². The van der Waals surface area contributed by atoms with Crippen LogP contribution in [0, 0.1) is 0 Å². The maximum atomic E-state index is 12.6. The van der Waals surface area contributed by atoms with E-state index in [2.05, 4.69) is 0 Å². The number of ketones is 1. The quantitative estimate of drug-likeness (QED) is 0.499. The van der Waals surface area contributed by atoms with Gasteiger partial charge in [0.15, 0.2) is 12.4 Å². The van der Waals surface area contributed by atoms with Gasteiger partial charge in [-0.15, -0.1) is 0 Å². The summed E-state index contributed by atoms with van der Waals surface area (Å²) in [5, 5.41) is 0. The van der Waals surface area contributed by atoms with Crippen molar-refractivity contribution in [2.45, 2.75) is 38.1 Å². The first kappa shape index (κ1) is 21.8. The highest BCUT2D eigenvalue weighted by Gasteiger charge is 2.24. The molecule has 0 atom stereocenters. The predicted molar refractivity (Wildman–Crippen MR) is 107 cm³/mol. The van der Waals surface area contributed by atoms with Crippen molar-refractivity contribution in [3.63, 3.8) is 0 Å². The third kappa shape index (κ3) is 5.05. The molecule has 0 saturated heterocycles. The maximum Gasteiger partial charge on any atom is 0.338 e. The standard InChI is InChI=1S/C21H25NO5S/c1-5-16-9-11-17(12-10-16)20(23)14-27-21(24)18-7-6-8-19(13-18)28(25,26)22(4)15(2)3/h6-13,15H,5,14H2,1-4H3. The molecule has 2 aromatic carbocycles. The predicted octanol–water partition coefficient (Wildman–Crippen LogP) is 3.32. The summed E-state index contributed by atoms with van der Waals surface area (Å²) in [7, 11) is -2.24. The number of hydrogen-bond acceptors (Lipinski definition) is 5. The third-order valence-corrected chi connectivity index (χ3v) is 6.52. The number of sulfonamides is 1. The Labute approximate surface area is 166 Å². The number of Topliss-reactive ketones (excluding diaryl/α,β-unsaturated/α-hetero) is 1. The van der Waals surface area contributed by atoms with Crippen LogP contribution in [0.15, 0.2) is 53.4 Å². The number of ether oxygens (including phenoxy) is 1. The topological polar surface area (TPSA) is 80.8 Å². The minimum absolute atomic E-state index is 0.000342. The molecule has 2 rings (SSSR count). The minimum atomic E-state index is -3.72. The van der Waals surface area contributed by atoms with Gasteiger partial charge in [-0.1, -0.05) is 37.3 Å². The fourth-order valence-corrected chi connectivity index (χ4v) is 3.87. The highest BCUT2D eigenvalue weighted by Crippen LogP contribution is 2.18. The van der Waals surface area contributed by atoms with Gasteiger partial charge in [0.25, 0.3) is 0 Å². The first-order chi connectivity index (χ1) is 13.2. The van der Waals surface area contributed by atoms with Crippen molar-refractivity contribution in [1.82, 2.24) is 4.31 Å². The van der Waals surface area contributed by atoms with Gasteiger partial charge in [0.05, 0.1) is 10.5 Å². The van der Waals surface area contributed by atoms with E-state index in [-0.39, 0.29) is 22.3 Å². The molecule has 0 N–H and O–H groups in total. The lowest BCUT2D eigenvalue weighted by molar-refractivity contribution is 0.0474. The summed E-state index contributed by atoms with van der Waals surface area (Å²) < 4.78 is 31.4. The molecule has 0 aromatic heterocycles. The molecule has 0 unspecified atom stereocenters. The molecule has 0 spiro atoms. The number of esters is 1. The van der Waals surface area contributed by atoms with Crippen LogP contribution in [0.5, 0.6) is 0 Å². The van der Waals surface area contributed by atoms with E-state index in [1.165, 1.54) is 35.6 Å². The van der Waals surface area contributed by atoms with Crippen LogP contribution in [0.2, 0.25) is 0 Å². The van der Waals surface area contributed by atoms with Gasteiger partial charge in [-0.2, -0.15) is 4.31 Å². The average molecular weight is 404 g/mol. The Morgan fingerprint density at radius 2 is 1.68 bits per heavy atom. The zero-order chi connectivity index (χ0) is 20.9. The maximum absolute atomic E-state index is 12.6. The Morgan fingerprint density at radius 3 is 2.25 bits per heavy atom.